The third kappa shape index (κ3) is 5.42. The lowest BCUT2D eigenvalue weighted by Gasteiger charge is -2.12. The van der Waals surface area contributed by atoms with Gasteiger partial charge in [-0.3, -0.25) is 0 Å². The molecule has 2 aromatic rings. The molecule has 2 N–H and O–H groups in total. The van der Waals surface area contributed by atoms with Gasteiger partial charge < -0.3 is 10.6 Å². The van der Waals surface area contributed by atoms with Gasteiger partial charge >= 0.3 is 6.18 Å². The van der Waals surface area contributed by atoms with Crippen LogP contribution < -0.4 is 10.6 Å². The zero-order valence-corrected chi connectivity index (χ0v) is 13.7. The second-order valence-corrected chi connectivity index (χ2v) is 5.57. The number of halogens is 3. The lowest BCUT2D eigenvalue weighted by molar-refractivity contribution is -0.141. The van der Waals surface area contributed by atoms with E-state index in [2.05, 4.69) is 37.1 Å². The topological polar surface area (TPSA) is 75.6 Å². The molecule has 0 radical (unpaired) electrons. The molecule has 0 fully saturated rings. The van der Waals surface area contributed by atoms with Crippen LogP contribution in [0.25, 0.3) is 0 Å². The normalized spacial score (nSPS) is 11.0. The molecule has 0 saturated carbocycles. The number of alkyl halides is 3. The Kier molecular flexibility index (Phi) is 6.04. The number of anilines is 1. The molecule has 2 aromatic heterocycles. The Morgan fingerprint density at radius 2 is 2.00 bits per heavy atom. The minimum atomic E-state index is -4.62. The summed E-state index contributed by atoms with van der Waals surface area (Å²) in [7, 11) is 0. The van der Waals surface area contributed by atoms with E-state index >= 15 is 0 Å². The van der Waals surface area contributed by atoms with Gasteiger partial charge in [0.05, 0.1) is 0 Å². The Morgan fingerprint density at radius 3 is 2.62 bits per heavy atom. The van der Waals surface area contributed by atoms with Crippen molar-refractivity contribution in [2.45, 2.75) is 16.4 Å². The van der Waals surface area contributed by atoms with Crippen molar-refractivity contribution in [3.05, 3.63) is 42.9 Å². The van der Waals surface area contributed by atoms with Gasteiger partial charge in [-0.25, -0.2) is 19.9 Å². The van der Waals surface area contributed by atoms with Crippen molar-refractivity contribution in [3.8, 4) is 0 Å². The fourth-order valence-corrected chi connectivity index (χ4v) is 2.31. The van der Waals surface area contributed by atoms with Gasteiger partial charge in [0.15, 0.2) is 16.0 Å². The minimum absolute atomic E-state index is 0.0394. The number of thiocarbonyl (C=S) groups is 1. The number of hydrogen-bond donors (Lipinski definition) is 2. The van der Waals surface area contributed by atoms with Crippen LogP contribution in [-0.4, -0.2) is 31.6 Å². The van der Waals surface area contributed by atoms with Crippen molar-refractivity contribution >= 4 is 35.0 Å². The molecule has 2 rings (SSSR count). The number of hydrogen-bond acceptors (Lipinski definition) is 6. The average Bonchev–Trinajstić information content (AvgIpc) is 2.53. The standard InChI is InChI=1S/C13H11F3N6S2/c1-2-4-17-11(23)22-10-20-8(13(14,15)16)7-9(21-10)24-12-18-5-3-6-19-12/h2-3,5-7H,1,4H2,(H2,17,20,21,22,23). The molecule has 126 valence electrons. The smallest absolute Gasteiger partial charge is 0.359 e. The molecule has 2 heterocycles. The summed E-state index contributed by atoms with van der Waals surface area (Å²) in [6.07, 6.45) is -0.110. The Labute approximate surface area is 145 Å². The predicted octanol–water partition coefficient (Wildman–Crippen LogP) is 2.91. The summed E-state index contributed by atoms with van der Waals surface area (Å²) in [6.45, 7) is 3.85. The van der Waals surface area contributed by atoms with Crippen LogP contribution in [0.4, 0.5) is 19.1 Å². The number of aromatic nitrogens is 4. The molecule has 0 spiro atoms. The van der Waals surface area contributed by atoms with Crippen LogP contribution in [0, 0.1) is 0 Å². The van der Waals surface area contributed by atoms with E-state index in [0.717, 1.165) is 17.8 Å². The fraction of sp³-hybridized carbons (Fsp3) is 0.154. The number of nitrogens with one attached hydrogen (secondary N) is 2. The van der Waals surface area contributed by atoms with E-state index in [1.54, 1.807) is 12.1 Å². The molecule has 11 heteroatoms. The van der Waals surface area contributed by atoms with Crippen molar-refractivity contribution in [2.75, 3.05) is 11.9 Å². The molecular formula is C13H11F3N6S2. The van der Waals surface area contributed by atoms with Gasteiger partial charge in [0.2, 0.25) is 5.95 Å². The Morgan fingerprint density at radius 1 is 1.29 bits per heavy atom. The third-order valence-corrected chi connectivity index (χ3v) is 3.42. The lowest BCUT2D eigenvalue weighted by atomic mass is 10.4. The molecule has 0 bridgehead atoms. The maximum absolute atomic E-state index is 13.0. The SMILES string of the molecule is C=CCNC(=S)Nc1nc(Sc2ncccn2)cc(C(F)(F)F)n1. The first kappa shape index (κ1) is 18.1. The molecule has 0 aliphatic carbocycles. The summed E-state index contributed by atoms with van der Waals surface area (Å²) in [4.78, 5) is 15.3. The second-order valence-electron chi connectivity index (χ2n) is 4.17. The van der Waals surface area contributed by atoms with E-state index < -0.39 is 11.9 Å². The van der Waals surface area contributed by atoms with Gasteiger partial charge in [0.1, 0.15) is 5.03 Å². The Hall–Kier alpha value is -2.27. The van der Waals surface area contributed by atoms with Crippen LogP contribution in [0.15, 0.2) is 47.4 Å². The molecule has 0 saturated heterocycles. The highest BCUT2D eigenvalue weighted by atomic mass is 32.2. The van der Waals surface area contributed by atoms with Gasteiger partial charge in [-0.1, -0.05) is 6.08 Å². The molecule has 0 aromatic carbocycles. The number of nitrogens with zero attached hydrogens (tertiary/aromatic N) is 4. The molecule has 24 heavy (non-hydrogen) atoms. The van der Waals surface area contributed by atoms with Gasteiger partial charge in [0.25, 0.3) is 0 Å². The quantitative estimate of drug-likeness (QED) is 0.359. The maximum Gasteiger partial charge on any atom is 0.433 e. The zero-order chi connectivity index (χ0) is 17.6. The van der Waals surface area contributed by atoms with E-state index in [9.17, 15) is 13.2 Å². The molecule has 0 aliphatic heterocycles. The van der Waals surface area contributed by atoms with Crippen molar-refractivity contribution in [3.63, 3.8) is 0 Å². The largest absolute Gasteiger partial charge is 0.433 e. The summed E-state index contributed by atoms with van der Waals surface area (Å²) < 4.78 is 39.0. The van der Waals surface area contributed by atoms with Crippen LogP contribution in [0.2, 0.25) is 0 Å². The Balaban J connectivity index is 2.28. The van der Waals surface area contributed by atoms with Gasteiger partial charge in [0, 0.05) is 25.0 Å². The maximum atomic E-state index is 13.0. The summed E-state index contributed by atoms with van der Waals surface area (Å²) in [5.74, 6) is -0.273. The molecule has 0 unspecified atom stereocenters. The fourth-order valence-electron chi connectivity index (χ4n) is 1.42. The summed E-state index contributed by atoms with van der Waals surface area (Å²) >= 11 is 5.83. The van der Waals surface area contributed by atoms with E-state index in [0.29, 0.717) is 6.54 Å². The van der Waals surface area contributed by atoms with Crippen molar-refractivity contribution in [1.29, 1.82) is 0 Å². The highest BCUT2D eigenvalue weighted by Gasteiger charge is 2.34. The Bertz CT molecular complexity index is 723. The molecule has 6 nitrogen and oxygen atoms in total. The highest BCUT2D eigenvalue weighted by molar-refractivity contribution is 7.99. The lowest BCUT2D eigenvalue weighted by Crippen LogP contribution is -2.29. The van der Waals surface area contributed by atoms with Crippen molar-refractivity contribution in [1.82, 2.24) is 25.3 Å². The molecule has 0 amide bonds. The van der Waals surface area contributed by atoms with Crippen LogP contribution in [0.1, 0.15) is 5.69 Å². The van der Waals surface area contributed by atoms with Crippen molar-refractivity contribution in [2.24, 2.45) is 0 Å². The van der Waals surface area contributed by atoms with E-state index in [4.69, 9.17) is 12.2 Å². The third-order valence-electron chi connectivity index (χ3n) is 2.36. The van der Waals surface area contributed by atoms with Crippen LogP contribution in [0.5, 0.6) is 0 Å². The monoisotopic (exact) mass is 372 g/mol. The minimum Gasteiger partial charge on any atom is -0.359 e. The van der Waals surface area contributed by atoms with Gasteiger partial charge in [-0.2, -0.15) is 13.2 Å². The van der Waals surface area contributed by atoms with E-state index in [-0.39, 0.29) is 21.2 Å². The van der Waals surface area contributed by atoms with E-state index in [1.165, 1.54) is 12.4 Å². The van der Waals surface area contributed by atoms with Crippen LogP contribution in [0.3, 0.4) is 0 Å². The van der Waals surface area contributed by atoms with E-state index in [1.807, 2.05) is 0 Å². The molecule has 0 aliphatic rings. The first-order chi connectivity index (χ1) is 11.4. The average molecular weight is 372 g/mol. The molecular weight excluding hydrogens is 361 g/mol. The van der Waals surface area contributed by atoms with Gasteiger partial charge in [-0.15, -0.1) is 6.58 Å². The summed E-state index contributed by atoms with van der Waals surface area (Å²) in [5, 5.41) is 5.62. The van der Waals surface area contributed by atoms with Crippen LogP contribution >= 0.6 is 24.0 Å². The van der Waals surface area contributed by atoms with Crippen LogP contribution in [-0.2, 0) is 6.18 Å². The zero-order valence-electron chi connectivity index (χ0n) is 12.0. The second kappa shape index (κ2) is 8.02. The summed E-state index contributed by atoms with van der Waals surface area (Å²) in [6, 6.07) is 2.42. The van der Waals surface area contributed by atoms with Crippen molar-refractivity contribution < 1.29 is 13.2 Å². The summed E-state index contributed by atoms with van der Waals surface area (Å²) in [5.41, 5.74) is -1.09. The van der Waals surface area contributed by atoms with Gasteiger partial charge in [-0.05, 0) is 30.0 Å². The first-order valence-corrected chi connectivity index (χ1v) is 7.68. The highest BCUT2D eigenvalue weighted by Crippen LogP contribution is 2.32. The number of rotatable bonds is 5. The predicted molar refractivity (Wildman–Crippen MR) is 87.6 cm³/mol. The molecule has 0 atom stereocenters. The first-order valence-electron chi connectivity index (χ1n) is 6.45.